The summed E-state index contributed by atoms with van der Waals surface area (Å²) in [5.41, 5.74) is 2.30. The molecule has 94 valence electrons. The summed E-state index contributed by atoms with van der Waals surface area (Å²) < 4.78 is 0. The first-order chi connectivity index (χ1) is 8.34. The lowest BCUT2D eigenvalue weighted by molar-refractivity contribution is -0.139. The van der Waals surface area contributed by atoms with Crippen LogP contribution in [0.3, 0.4) is 0 Å². The van der Waals surface area contributed by atoms with Gasteiger partial charge >= 0.3 is 5.97 Å². The zero-order valence-electron chi connectivity index (χ0n) is 10.4. The number of aryl methyl sites for hydroxylation is 2. The number of benzene rings is 1. The molecule has 0 aromatic heterocycles. The lowest BCUT2D eigenvalue weighted by atomic mass is 10.0. The third-order valence-electron chi connectivity index (χ3n) is 3.10. The first-order valence-electron chi connectivity index (χ1n) is 5.56. The average molecular weight is 247 g/mol. The Labute approximate surface area is 104 Å². The van der Waals surface area contributed by atoms with Gasteiger partial charge in [-0.25, -0.2) is 4.79 Å². The molecule has 2 rings (SSSR count). The molecule has 18 heavy (non-hydrogen) atoms. The Morgan fingerprint density at radius 2 is 1.89 bits per heavy atom. The van der Waals surface area contributed by atoms with Gasteiger partial charge in [0.05, 0.1) is 11.3 Å². The van der Waals surface area contributed by atoms with Crippen molar-refractivity contribution < 1.29 is 19.5 Å². The number of ketones is 1. The molecule has 0 spiro atoms. The number of anilines is 1. The van der Waals surface area contributed by atoms with Crippen LogP contribution in [0.4, 0.5) is 5.69 Å². The first-order valence-corrected chi connectivity index (χ1v) is 5.56. The van der Waals surface area contributed by atoms with Gasteiger partial charge in [-0.3, -0.25) is 14.5 Å². The van der Waals surface area contributed by atoms with Crippen molar-refractivity contribution in [2.24, 2.45) is 0 Å². The largest absolute Gasteiger partial charge is 0.480 e. The highest BCUT2D eigenvalue weighted by Crippen LogP contribution is 2.34. The van der Waals surface area contributed by atoms with Gasteiger partial charge in [0.15, 0.2) is 0 Å². The van der Waals surface area contributed by atoms with E-state index in [1.807, 2.05) is 6.92 Å². The second-order valence-corrected chi connectivity index (χ2v) is 4.49. The number of carboxylic acid groups (broad SMARTS) is 1. The van der Waals surface area contributed by atoms with Crippen LogP contribution >= 0.6 is 0 Å². The fourth-order valence-electron chi connectivity index (χ4n) is 2.25. The van der Waals surface area contributed by atoms with Crippen molar-refractivity contribution in [3.8, 4) is 0 Å². The van der Waals surface area contributed by atoms with E-state index in [2.05, 4.69) is 0 Å². The fourth-order valence-corrected chi connectivity index (χ4v) is 2.25. The van der Waals surface area contributed by atoms with E-state index < -0.39 is 23.7 Å². The van der Waals surface area contributed by atoms with E-state index in [-0.39, 0.29) is 0 Å². The Morgan fingerprint density at radius 1 is 1.28 bits per heavy atom. The summed E-state index contributed by atoms with van der Waals surface area (Å²) in [6.07, 6.45) is 0. The van der Waals surface area contributed by atoms with Crippen LogP contribution in [0.25, 0.3) is 0 Å². The maximum absolute atomic E-state index is 11.9. The molecule has 1 unspecified atom stereocenters. The van der Waals surface area contributed by atoms with E-state index in [0.29, 0.717) is 16.8 Å². The Kier molecular flexibility index (Phi) is 2.69. The van der Waals surface area contributed by atoms with Crippen molar-refractivity contribution in [1.29, 1.82) is 0 Å². The zero-order valence-corrected chi connectivity index (χ0v) is 10.4. The van der Waals surface area contributed by atoms with E-state index >= 15 is 0 Å². The number of carboxylic acids is 1. The molecule has 0 aliphatic carbocycles. The molecular weight excluding hydrogens is 234 g/mol. The van der Waals surface area contributed by atoms with Gasteiger partial charge in [0.2, 0.25) is 0 Å². The monoisotopic (exact) mass is 247 g/mol. The quantitative estimate of drug-likeness (QED) is 0.799. The average Bonchev–Trinajstić information content (AvgIpc) is 2.50. The molecular formula is C13H13NO4. The van der Waals surface area contributed by atoms with Crippen molar-refractivity contribution in [3.63, 3.8) is 0 Å². The topological polar surface area (TPSA) is 74.7 Å². The zero-order chi connectivity index (χ0) is 13.6. The summed E-state index contributed by atoms with van der Waals surface area (Å²) in [6.45, 7) is 4.97. The van der Waals surface area contributed by atoms with Gasteiger partial charge in [0.25, 0.3) is 11.7 Å². The Balaban J connectivity index is 2.65. The van der Waals surface area contributed by atoms with Gasteiger partial charge in [0.1, 0.15) is 6.04 Å². The number of aliphatic carboxylic acids is 1. The molecule has 1 aromatic carbocycles. The second kappa shape index (κ2) is 3.94. The molecule has 1 aliphatic rings. The lowest BCUT2D eigenvalue weighted by Gasteiger charge is -2.21. The molecule has 0 saturated heterocycles. The van der Waals surface area contributed by atoms with Crippen LogP contribution in [0.5, 0.6) is 0 Å². The molecule has 0 saturated carbocycles. The van der Waals surface area contributed by atoms with Gasteiger partial charge in [-0.1, -0.05) is 6.07 Å². The molecule has 0 fully saturated rings. The normalized spacial score (nSPS) is 15.8. The molecule has 5 heteroatoms. The predicted octanol–water partition coefficient (Wildman–Crippen LogP) is 1.31. The summed E-state index contributed by atoms with van der Waals surface area (Å²) in [6, 6.07) is 2.42. The minimum Gasteiger partial charge on any atom is -0.480 e. The number of hydrogen-bond acceptors (Lipinski definition) is 3. The Bertz CT molecular complexity index is 577. The summed E-state index contributed by atoms with van der Waals surface area (Å²) in [7, 11) is 0. The van der Waals surface area contributed by atoms with Crippen LogP contribution < -0.4 is 4.90 Å². The summed E-state index contributed by atoms with van der Waals surface area (Å²) in [5, 5.41) is 9.01. The van der Waals surface area contributed by atoms with E-state index in [4.69, 9.17) is 5.11 Å². The van der Waals surface area contributed by atoms with Crippen molar-refractivity contribution in [2.75, 3.05) is 4.90 Å². The number of carbonyl (C=O) groups is 3. The van der Waals surface area contributed by atoms with Crippen molar-refractivity contribution in [1.82, 2.24) is 0 Å². The number of Topliss-reactive ketones (excluding diaryl/α,β-unsaturated/α-hetero) is 1. The maximum atomic E-state index is 11.9. The van der Waals surface area contributed by atoms with Crippen molar-refractivity contribution in [2.45, 2.75) is 26.8 Å². The molecule has 1 heterocycles. The van der Waals surface area contributed by atoms with Crippen molar-refractivity contribution >= 4 is 23.3 Å². The maximum Gasteiger partial charge on any atom is 0.326 e. The number of carbonyl (C=O) groups excluding carboxylic acids is 2. The fraction of sp³-hybridized carbons (Fsp3) is 0.308. The molecule has 1 aliphatic heterocycles. The predicted molar refractivity (Wildman–Crippen MR) is 64.8 cm³/mol. The van der Waals surface area contributed by atoms with E-state index in [0.717, 1.165) is 10.5 Å². The molecule has 1 N–H and O–H groups in total. The van der Waals surface area contributed by atoms with E-state index in [1.54, 1.807) is 19.1 Å². The third kappa shape index (κ3) is 1.59. The first kappa shape index (κ1) is 12.3. The van der Waals surface area contributed by atoms with Gasteiger partial charge in [-0.2, -0.15) is 0 Å². The SMILES string of the molecule is Cc1cc(C)c2c(c1)N(C(C)C(=O)O)C(=O)C2=O. The van der Waals surface area contributed by atoms with Gasteiger partial charge < -0.3 is 5.11 Å². The van der Waals surface area contributed by atoms with Crippen LogP contribution in [0.1, 0.15) is 28.4 Å². The number of nitrogens with zero attached hydrogens (tertiary/aromatic N) is 1. The molecule has 0 radical (unpaired) electrons. The van der Waals surface area contributed by atoms with E-state index in [9.17, 15) is 14.4 Å². The number of rotatable bonds is 2. The summed E-state index contributed by atoms with van der Waals surface area (Å²) >= 11 is 0. The highest BCUT2D eigenvalue weighted by Gasteiger charge is 2.41. The Morgan fingerprint density at radius 3 is 2.44 bits per heavy atom. The van der Waals surface area contributed by atoms with Crippen LogP contribution in [-0.2, 0) is 9.59 Å². The highest BCUT2D eigenvalue weighted by atomic mass is 16.4. The van der Waals surface area contributed by atoms with Gasteiger partial charge in [0, 0.05) is 0 Å². The highest BCUT2D eigenvalue weighted by molar-refractivity contribution is 6.53. The molecule has 1 amide bonds. The van der Waals surface area contributed by atoms with Crippen molar-refractivity contribution in [3.05, 3.63) is 28.8 Å². The molecule has 1 aromatic rings. The van der Waals surface area contributed by atoms with Gasteiger partial charge in [-0.15, -0.1) is 0 Å². The minimum absolute atomic E-state index is 0.318. The lowest BCUT2D eigenvalue weighted by Crippen LogP contribution is -2.42. The van der Waals surface area contributed by atoms with Crippen LogP contribution in [-0.4, -0.2) is 28.8 Å². The smallest absolute Gasteiger partial charge is 0.326 e. The summed E-state index contributed by atoms with van der Waals surface area (Å²) in [4.78, 5) is 35.8. The standard InChI is InChI=1S/C13H13NO4/c1-6-4-7(2)10-9(5-6)14(8(3)13(17)18)12(16)11(10)15/h4-5,8H,1-3H3,(H,17,18). The van der Waals surface area contributed by atoms with Crippen LogP contribution in [0, 0.1) is 13.8 Å². The summed E-state index contributed by atoms with van der Waals surface area (Å²) in [5.74, 6) is -2.53. The molecule has 5 nitrogen and oxygen atoms in total. The minimum atomic E-state index is -1.14. The van der Waals surface area contributed by atoms with Crippen LogP contribution in [0.15, 0.2) is 12.1 Å². The number of fused-ring (bicyclic) bond motifs is 1. The number of amides is 1. The van der Waals surface area contributed by atoms with Crippen LogP contribution in [0.2, 0.25) is 0 Å². The molecule has 1 atom stereocenters. The van der Waals surface area contributed by atoms with E-state index in [1.165, 1.54) is 6.92 Å². The van der Waals surface area contributed by atoms with Gasteiger partial charge in [-0.05, 0) is 38.0 Å². The number of hydrogen-bond donors (Lipinski definition) is 1. The third-order valence-corrected chi connectivity index (χ3v) is 3.10. The second-order valence-electron chi connectivity index (χ2n) is 4.49. The molecule has 0 bridgehead atoms. The Hall–Kier alpha value is -2.17.